The summed E-state index contributed by atoms with van der Waals surface area (Å²) >= 11 is 0. The molecule has 1 N–H and O–H groups in total. The fraction of sp³-hybridized carbons (Fsp3) is 0.192. The summed E-state index contributed by atoms with van der Waals surface area (Å²) in [6.07, 6.45) is -1.60. The SMILES string of the molecule is COc1ccc(/C(O)=C2\C(=O)C(=O)N(Cc3cccc(C(F)(F)F)c3)C2c2cccnc2)cc1C. The van der Waals surface area contributed by atoms with Gasteiger partial charge in [-0.15, -0.1) is 0 Å². The number of hydrogen-bond acceptors (Lipinski definition) is 5. The number of ketones is 1. The number of rotatable bonds is 5. The van der Waals surface area contributed by atoms with Gasteiger partial charge in [-0.1, -0.05) is 18.2 Å². The summed E-state index contributed by atoms with van der Waals surface area (Å²) in [6, 6.07) is 11.6. The van der Waals surface area contributed by atoms with Crippen LogP contribution in [0.15, 0.2) is 72.6 Å². The number of nitrogens with zero attached hydrogens (tertiary/aromatic N) is 2. The van der Waals surface area contributed by atoms with Crippen molar-refractivity contribution in [2.75, 3.05) is 7.11 Å². The molecule has 1 atom stereocenters. The third kappa shape index (κ3) is 4.62. The normalized spacial score (nSPS) is 17.6. The monoisotopic (exact) mass is 482 g/mol. The Morgan fingerprint density at radius 1 is 1.11 bits per heavy atom. The van der Waals surface area contributed by atoms with E-state index in [2.05, 4.69) is 4.98 Å². The van der Waals surface area contributed by atoms with Crippen LogP contribution in [0.25, 0.3) is 5.76 Å². The molecule has 1 unspecified atom stereocenters. The molecule has 3 aromatic rings. The predicted molar refractivity (Wildman–Crippen MR) is 121 cm³/mol. The zero-order valence-electron chi connectivity index (χ0n) is 18.8. The van der Waals surface area contributed by atoms with Gasteiger partial charge in [-0.05, 0) is 60.0 Å². The fourth-order valence-corrected chi connectivity index (χ4v) is 4.15. The van der Waals surface area contributed by atoms with Crippen molar-refractivity contribution in [3.05, 3.63) is 100 Å². The average molecular weight is 482 g/mol. The maximum Gasteiger partial charge on any atom is 0.416 e. The van der Waals surface area contributed by atoms with Crippen LogP contribution in [0, 0.1) is 6.92 Å². The Kier molecular flexibility index (Phi) is 6.34. The smallest absolute Gasteiger partial charge is 0.416 e. The average Bonchev–Trinajstić information content (AvgIpc) is 3.08. The molecule has 1 amide bonds. The zero-order valence-corrected chi connectivity index (χ0v) is 18.8. The Hall–Kier alpha value is -4.14. The van der Waals surface area contributed by atoms with Gasteiger partial charge in [0.1, 0.15) is 11.5 Å². The van der Waals surface area contributed by atoms with Crippen molar-refractivity contribution in [3.63, 3.8) is 0 Å². The Balaban J connectivity index is 1.83. The van der Waals surface area contributed by atoms with Gasteiger partial charge in [-0.2, -0.15) is 13.2 Å². The zero-order chi connectivity index (χ0) is 25.3. The van der Waals surface area contributed by atoms with Gasteiger partial charge in [0.15, 0.2) is 0 Å². The molecule has 9 heteroatoms. The van der Waals surface area contributed by atoms with E-state index in [0.29, 0.717) is 22.4 Å². The first kappa shape index (κ1) is 24.0. The van der Waals surface area contributed by atoms with Gasteiger partial charge in [-0.25, -0.2) is 0 Å². The van der Waals surface area contributed by atoms with Gasteiger partial charge >= 0.3 is 6.18 Å². The first-order valence-corrected chi connectivity index (χ1v) is 10.6. The number of aliphatic hydroxyl groups is 1. The number of carbonyl (C=O) groups is 2. The second-order valence-electron chi connectivity index (χ2n) is 8.10. The third-order valence-electron chi connectivity index (χ3n) is 5.82. The summed E-state index contributed by atoms with van der Waals surface area (Å²) in [7, 11) is 1.50. The molecule has 1 saturated heterocycles. The molecule has 180 valence electrons. The van der Waals surface area contributed by atoms with Crippen LogP contribution in [0.5, 0.6) is 5.75 Å². The summed E-state index contributed by atoms with van der Waals surface area (Å²) in [5.41, 5.74) is 0.598. The highest BCUT2D eigenvalue weighted by Crippen LogP contribution is 2.41. The highest BCUT2D eigenvalue weighted by Gasteiger charge is 2.46. The number of hydrogen-bond donors (Lipinski definition) is 1. The van der Waals surface area contributed by atoms with E-state index in [1.54, 1.807) is 37.3 Å². The number of ether oxygens (including phenoxy) is 1. The number of aliphatic hydroxyl groups excluding tert-OH is 1. The molecule has 0 aliphatic carbocycles. The lowest BCUT2D eigenvalue weighted by Gasteiger charge is -2.25. The highest BCUT2D eigenvalue weighted by molar-refractivity contribution is 6.46. The van der Waals surface area contributed by atoms with E-state index in [9.17, 15) is 27.9 Å². The van der Waals surface area contributed by atoms with Crippen molar-refractivity contribution in [1.82, 2.24) is 9.88 Å². The lowest BCUT2D eigenvalue weighted by atomic mass is 9.95. The van der Waals surface area contributed by atoms with E-state index in [-0.39, 0.29) is 17.7 Å². The molecule has 1 aliphatic heterocycles. The van der Waals surface area contributed by atoms with Crippen LogP contribution in [-0.4, -0.2) is 33.8 Å². The number of likely N-dealkylation sites (tertiary alicyclic amines) is 1. The number of Topliss-reactive ketones (excluding diaryl/α,β-unsaturated/α-hetero) is 1. The fourth-order valence-electron chi connectivity index (χ4n) is 4.15. The summed E-state index contributed by atoms with van der Waals surface area (Å²) in [4.78, 5) is 31.4. The number of aromatic nitrogens is 1. The molecule has 2 aromatic carbocycles. The number of methoxy groups -OCH3 is 1. The van der Waals surface area contributed by atoms with Crippen molar-refractivity contribution in [3.8, 4) is 5.75 Å². The maximum absolute atomic E-state index is 13.2. The quantitative estimate of drug-likeness (QED) is 0.313. The molecule has 6 nitrogen and oxygen atoms in total. The van der Waals surface area contributed by atoms with Crippen LogP contribution in [0.3, 0.4) is 0 Å². The summed E-state index contributed by atoms with van der Waals surface area (Å²) in [5, 5.41) is 11.1. The van der Waals surface area contributed by atoms with E-state index < -0.39 is 35.2 Å². The molecule has 4 rings (SSSR count). The molecule has 0 bridgehead atoms. The second kappa shape index (κ2) is 9.25. The van der Waals surface area contributed by atoms with Gasteiger partial charge in [0, 0.05) is 24.5 Å². The van der Waals surface area contributed by atoms with Crippen molar-refractivity contribution in [2.24, 2.45) is 0 Å². The molecular formula is C26H21F3N2O4. The van der Waals surface area contributed by atoms with Crippen molar-refractivity contribution in [2.45, 2.75) is 25.7 Å². The number of carbonyl (C=O) groups excluding carboxylic acids is 2. The number of aryl methyl sites for hydroxylation is 1. The number of benzene rings is 2. The van der Waals surface area contributed by atoms with Crippen LogP contribution >= 0.6 is 0 Å². The maximum atomic E-state index is 13.2. The first-order chi connectivity index (χ1) is 16.6. The van der Waals surface area contributed by atoms with Crippen LogP contribution in [-0.2, 0) is 22.3 Å². The van der Waals surface area contributed by atoms with Gasteiger partial charge in [0.25, 0.3) is 11.7 Å². The van der Waals surface area contributed by atoms with Crippen molar-refractivity contribution in [1.29, 1.82) is 0 Å². The number of pyridine rings is 1. The third-order valence-corrected chi connectivity index (χ3v) is 5.82. The van der Waals surface area contributed by atoms with Crippen LogP contribution in [0.1, 0.15) is 33.9 Å². The van der Waals surface area contributed by atoms with E-state index >= 15 is 0 Å². The standard InChI is InChI=1S/C26H21F3N2O4/c1-15-11-17(8-9-20(15)35-2)23(32)21-22(18-6-4-10-30-13-18)31(25(34)24(21)33)14-16-5-3-7-19(12-16)26(27,28)29/h3-13,22,32H,14H2,1-2H3/b23-21+. The van der Waals surface area contributed by atoms with Crippen LogP contribution < -0.4 is 4.74 Å². The van der Waals surface area contributed by atoms with Crippen molar-refractivity contribution < 1.29 is 32.6 Å². The van der Waals surface area contributed by atoms with Gasteiger partial charge in [0.2, 0.25) is 0 Å². The Morgan fingerprint density at radius 2 is 1.89 bits per heavy atom. The molecule has 0 spiro atoms. The molecule has 1 aliphatic rings. The largest absolute Gasteiger partial charge is 0.507 e. The number of alkyl halides is 3. The van der Waals surface area contributed by atoms with Gasteiger partial charge in [-0.3, -0.25) is 14.6 Å². The molecular weight excluding hydrogens is 461 g/mol. The molecule has 0 radical (unpaired) electrons. The van der Waals surface area contributed by atoms with Crippen LogP contribution in [0.4, 0.5) is 13.2 Å². The molecule has 2 heterocycles. The number of halogens is 3. The van der Waals surface area contributed by atoms with E-state index in [0.717, 1.165) is 17.0 Å². The van der Waals surface area contributed by atoms with Crippen LogP contribution in [0.2, 0.25) is 0 Å². The van der Waals surface area contributed by atoms with Gasteiger partial charge in [0.05, 0.1) is 24.3 Å². The molecule has 1 fully saturated rings. The lowest BCUT2D eigenvalue weighted by molar-refractivity contribution is -0.140. The summed E-state index contributed by atoms with van der Waals surface area (Å²) < 4.78 is 44.9. The summed E-state index contributed by atoms with van der Waals surface area (Å²) in [5.74, 6) is -1.68. The lowest BCUT2D eigenvalue weighted by Crippen LogP contribution is -2.29. The Labute approximate surface area is 199 Å². The summed E-state index contributed by atoms with van der Waals surface area (Å²) in [6.45, 7) is 1.49. The second-order valence-corrected chi connectivity index (χ2v) is 8.10. The van der Waals surface area contributed by atoms with Gasteiger partial charge < -0.3 is 14.7 Å². The minimum absolute atomic E-state index is 0.167. The van der Waals surface area contributed by atoms with E-state index in [1.807, 2.05) is 0 Å². The molecule has 1 aromatic heterocycles. The van der Waals surface area contributed by atoms with E-state index in [4.69, 9.17) is 4.74 Å². The van der Waals surface area contributed by atoms with E-state index in [1.165, 1.54) is 31.6 Å². The minimum Gasteiger partial charge on any atom is -0.507 e. The first-order valence-electron chi connectivity index (χ1n) is 10.6. The number of amides is 1. The minimum atomic E-state index is -4.56. The van der Waals surface area contributed by atoms with Crippen molar-refractivity contribution >= 4 is 17.4 Å². The molecule has 0 saturated carbocycles. The highest BCUT2D eigenvalue weighted by atomic mass is 19.4. The Bertz CT molecular complexity index is 1320. The Morgan fingerprint density at radius 3 is 2.51 bits per heavy atom. The molecule has 35 heavy (non-hydrogen) atoms. The topological polar surface area (TPSA) is 79.7 Å². The predicted octanol–water partition coefficient (Wildman–Crippen LogP) is 5.04.